The van der Waals surface area contributed by atoms with Crippen molar-refractivity contribution in [2.45, 2.75) is 20.0 Å². The smallest absolute Gasteiger partial charge is 0.336 e. The maximum absolute atomic E-state index is 11.1. The van der Waals surface area contributed by atoms with Crippen LogP contribution in [0, 0.1) is 0 Å². The Bertz CT molecular complexity index is 644. The van der Waals surface area contributed by atoms with Gasteiger partial charge in [0.1, 0.15) is 18.1 Å². The Morgan fingerprint density at radius 2 is 1.71 bits per heavy atom. The summed E-state index contributed by atoms with van der Waals surface area (Å²) in [6, 6.07) is 14.0. The van der Waals surface area contributed by atoms with Gasteiger partial charge in [0.15, 0.2) is 0 Å². The Morgan fingerprint density at radius 1 is 1.05 bits per heavy atom. The third kappa shape index (κ3) is 4.18. The molecule has 0 unspecified atom stereocenters. The van der Waals surface area contributed by atoms with Crippen LogP contribution in [-0.4, -0.2) is 16.9 Å². The van der Waals surface area contributed by atoms with Crippen molar-refractivity contribution in [1.29, 1.82) is 0 Å². The van der Waals surface area contributed by atoms with Gasteiger partial charge in [-0.3, -0.25) is 4.79 Å². The van der Waals surface area contributed by atoms with E-state index >= 15 is 0 Å². The molecule has 0 aliphatic rings. The normalized spacial score (nSPS) is 10.1. The number of carbonyl (C=O) groups excluding carboxylic acids is 1. The Labute approximate surface area is 123 Å². The monoisotopic (exact) mass is 284 g/mol. The van der Waals surface area contributed by atoms with Crippen molar-refractivity contribution in [3.63, 3.8) is 0 Å². The number of ketones is 1. The van der Waals surface area contributed by atoms with Crippen LogP contribution in [0.4, 0.5) is 0 Å². The summed E-state index contributed by atoms with van der Waals surface area (Å²) in [5.74, 6) is -0.215. The van der Waals surface area contributed by atoms with Crippen LogP contribution in [0.2, 0.25) is 0 Å². The van der Waals surface area contributed by atoms with Gasteiger partial charge in [0.05, 0.1) is 5.56 Å². The van der Waals surface area contributed by atoms with Gasteiger partial charge in [0.25, 0.3) is 0 Å². The third-order valence-electron chi connectivity index (χ3n) is 3.02. The lowest BCUT2D eigenvalue weighted by molar-refractivity contribution is -0.116. The lowest BCUT2D eigenvalue weighted by Crippen LogP contribution is -2.05. The number of carbonyl (C=O) groups is 2. The first-order valence-corrected chi connectivity index (χ1v) is 6.58. The molecule has 0 saturated heterocycles. The standard InChI is InChI=1S/C17H16O4/c1-12(18)10-13-6-8-15(9-7-13)21-11-14-4-2-3-5-16(14)17(19)20/h2-9H,10-11H2,1H3,(H,19,20). The van der Waals surface area contributed by atoms with E-state index in [0.29, 0.717) is 17.7 Å². The topological polar surface area (TPSA) is 63.6 Å². The largest absolute Gasteiger partial charge is 0.489 e. The summed E-state index contributed by atoms with van der Waals surface area (Å²) in [6.45, 7) is 1.74. The van der Waals surface area contributed by atoms with E-state index in [0.717, 1.165) is 5.56 Å². The van der Waals surface area contributed by atoms with E-state index in [4.69, 9.17) is 9.84 Å². The molecule has 0 aliphatic heterocycles. The zero-order chi connectivity index (χ0) is 15.2. The van der Waals surface area contributed by atoms with Crippen LogP contribution in [0.1, 0.15) is 28.4 Å². The van der Waals surface area contributed by atoms with E-state index in [1.54, 1.807) is 43.3 Å². The van der Waals surface area contributed by atoms with Crippen molar-refractivity contribution in [3.05, 3.63) is 65.2 Å². The van der Waals surface area contributed by atoms with E-state index in [-0.39, 0.29) is 18.0 Å². The summed E-state index contributed by atoms with van der Waals surface area (Å²) in [5, 5.41) is 9.10. The van der Waals surface area contributed by atoms with Crippen LogP contribution in [0.5, 0.6) is 5.75 Å². The molecular weight excluding hydrogens is 268 g/mol. The van der Waals surface area contributed by atoms with E-state index < -0.39 is 5.97 Å². The predicted octanol–water partition coefficient (Wildman–Crippen LogP) is 3.10. The quantitative estimate of drug-likeness (QED) is 0.885. The summed E-state index contributed by atoms with van der Waals surface area (Å²) < 4.78 is 5.59. The Hall–Kier alpha value is -2.62. The second kappa shape index (κ2) is 6.70. The van der Waals surface area contributed by atoms with Gasteiger partial charge >= 0.3 is 5.97 Å². The average molecular weight is 284 g/mol. The predicted molar refractivity (Wildman–Crippen MR) is 78.6 cm³/mol. The molecule has 0 saturated carbocycles. The molecule has 2 aromatic rings. The third-order valence-corrected chi connectivity index (χ3v) is 3.02. The minimum atomic E-state index is -0.967. The highest BCUT2D eigenvalue weighted by Crippen LogP contribution is 2.16. The van der Waals surface area contributed by atoms with E-state index in [1.807, 2.05) is 12.1 Å². The molecule has 4 heteroatoms. The second-order valence-electron chi connectivity index (χ2n) is 4.77. The minimum absolute atomic E-state index is 0.110. The molecule has 0 heterocycles. The molecule has 0 bridgehead atoms. The lowest BCUT2D eigenvalue weighted by atomic mass is 10.1. The average Bonchev–Trinajstić information content (AvgIpc) is 2.46. The molecule has 0 fully saturated rings. The van der Waals surface area contributed by atoms with Crippen LogP contribution >= 0.6 is 0 Å². The molecule has 21 heavy (non-hydrogen) atoms. The maximum atomic E-state index is 11.1. The van der Waals surface area contributed by atoms with Gasteiger partial charge < -0.3 is 9.84 Å². The zero-order valence-corrected chi connectivity index (χ0v) is 11.7. The first kappa shape index (κ1) is 14.8. The van der Waals surface area contributed by atoms with Crippen molar-refractivity contribution in [2.24, 2.45) is 0 Å². The van der Waals surface area contributed by atoms with Gasteiger partial charge in [-0.2, -0.15) is 0 Å². The van der Waals surface area contributed by atoms with Crippen LogP contribution in [0.15, 0.2) is 48.5 Å². The molecule has 0 atom stereocenters. The highest BCUT2D eigenvalue weighted by molar-refractivity contribution is 5.89. The highest BCUT2D eigenvalue weighted by atomic mass is 16.5. The molecule has 0 aliphatic carbocycles. The summed E-state index contributed by atoms with van der Waals surface area (Å²) >= 11 is 0. The van der Waals surface area contributed by atoms with Crippen LogP contribution in [0.3, 0.4) is 0 Å². The molecular formula is C17H16O4. The van der Waals surface area contributed by atoms with Crippen LogP contribution in [-0.2, 0) is 17.8 Å². The number of rotatable bonds is 6. The van der Waals surface area contributed by atoms with Gasteiger partial charge in [-0.25, -0.2) is 4.79 Å². The summed E-state index contributed by atoms with van der Waals surface area (Å²) in [5.41, 5.74) is 1.80. The van der Waals surface area contributed by atoms with Gasteiger partial charge in [0.2, 0.25) is 0 Å². The Kier molecular flexibility index (Phi) is 4.72. The number of hydrogen-bond acceptors (Lipinski definition) is 3. The van der Waals surface area contributed by atoms with Gasteiger partial charge in [-0.05, 0) is 30.7 Å². The zero-order valence-electron chi connectivity index (χ0n) is 11.7. The van der Waals surface area contributed by atoms with Crippen molar-refractivity contribution >= 4 is 11.8 Å². The van der Waals surface area contributed by atoms with E-state index in [1.165, 1.54) is 0 Å². The fraction of sp³-hybridized carbons (Fsp3) is 0.176. The van der Waals surface area contributed by atoms with Crippen molar-refractivity contribution in [1.82, 2.24) is 0 Å². The molecule has 0 spiro atoms. The molecule has 0 radical (unpaired) electrons. The maximum Gasteiger partial charge on any atom is 0.336 e. The minimum Gasteiger partial charge on any atom is -0.489 e. The molecule has 1 N–H and O–H groups in total. The number of aromatic carboxylic acids is 1. The molecule has 4 nitrogen and oxygen atoms in total. The lowest BCUT2D eigenvalue weighted by Gasteiger charge is -2.09. The number of hydrogen-bond donors (Lipinski definition) is 1. The van der Waals surface area contributed by atoms with Crippen molar-refractivity contribution in [2.75, 3.05) is 0 Å². The van der Waals surface area contributed by atoms with Crippen molar-refractivity contribution in [3.8, 4) is 5.75 Å². The number of benzene rings is 2. The summed E-state index contributed by atoms with van der Waals surface area (Å²) in [7, 11) is 0. The fourth-order valence-electron chi connectivity index (χ4n) is 2.01. The molecule has 0 amide bonds. The fourth-order valence-corrected chi connectivity index (χ4v) is 2.01. The number of Topliss-reactive ketones (excluding diaryl/α,β-unsaturated/α-hetero) is 1. The number of carboxylic acid groups (broad SMARTS) is 1. The summed E-state index contributed by atoms with van der Waals surface area (Å²) in [6.07, 6.45) is 0.405. The molecule has 2 aromatic carbocycles. The van der Waals surface area contributed by atoms with Crippen molar-refractivity contribution < 1.29 is 19.4 Å². The Balaban J connectivity index is 2.03. The second-order valence-corrected chi connectivity index (χ2v) is 4.77. The Morgan fingerprint density at radius 3 is 2.33 bits per heavy atom. The van der Waals surface area contributed by atoms with E-state index in [9.17, 15) is 9.59 Å². The number of ether oxygens (including phenoxy) is 1. The molecule has 108 valence electrons. The molecule has 0 aromatic heterocycles. The van der Waals surface area contributed by atoms with E-state index in [2.05, 4.69) is 0 Å². The number of carboxylic acids is 1. The van der Waals surface area contributed by atoms with Crippen LogP contribution in [0.25, 0.3) is 0 Å². The van der Waals surface area contributed by atoms with Gasteiger partial charge in [0, 0.05) is 12.0 Å². The van der Waals surface area contributed by atoms with Gasteiger partial charge in [-0.1, -0.05) is 30.3 Å². The molecule has 2 rings (SSSR count). The first-order valence-electron chi connectivity index (χ1n) is 6.58. The first-order chi connectivity index (χ1) is 10.1. The summed E-state index contributed by atoms with van der Waals surface area (Å²) in [4.78, 5) is 22.1. The SMILES string of the molecule is CC(=O)Cc1ccc(OCc2ccccc2C(=O)O)cc1. The van der Waals surface area contributed by atoms with Crippen LogP contribution < -0.4 is 4.74 Å². The van der Waals surface area contributed by atoms with Gasteiger partial charge in [-0.15, -0.1) is 0 Å². The highest BCUT2D eigenvalue weighted by Gasteiger charge is 2.09.